The van der Waals surface area contributed by atoms with Crippen LogP contribution in [-0.2, 0) is 6.42 Å². The predicted molar refractivity (Wildman–Crippen MR) is 98.1 cm³/mol. The van der Waals surface area contributed by atoms with Crippen molar-refractivity contribution in [2.75, 3.05) is 11.9 Å². The minimum absolute atomic E-state index is 0.116. The van der Waals surface area contributed by atoms with E-state index in [1.165, 1.54) is 5.56 Å². The molecule has 2 aromatic rings. The van der Waals surface area contributed by atoms with Gasteiger partial charge in [0.1, 0.15) is 5.75 Å². The van der Waals surface area contributed by atoms with Crippen LogP contribution in [0.2, 0.25) is 5.02 Å². The summed E-state index contributed by atoms with van der Waals surface area (Å²) in [5, 5.41) is 26.2. The van der Waals surface area contributed by atoms with Gasteiger partial charge in [0.15, 0.2) is 5.11 Å². The monoisotopic (exact) mass is 350 g/mol. The molecule has 1 atom stereocenters. The summed E-state index contributed by atoms with van der Waals surface area (Å²) in [5.41, 5.74) is 2.19. The van der Waals surface area contributed by atoms with E-state index in [0.29, 0.717) is 22.9 Å². The fraction of sp³-hybridized carbons (Fsp3) is 0.235. The second-order valence-corrected chi connectivity index (χ2v) is 6.00. The Hall–Kier alpha value is -1.82. The Morgan fingerprint density at radius 3 is 2.61 bits per heavy atom. The van der Waals surface area contributed by atoms with Crippen LogP contribution in [-0.4, -0.2) is 21.9 Å². The number of thiocarbonyl (C=S) groups is 1. The molecule has 2 rings (SSSR count). The molecule has 0 aliphatic carbocycles. The van der Waals surface area contributed by atoms with Crippen molar-refractivity contribution in [2.45, 2.75) is 19.4 Å². The van der Waals surface area contributed by atoms with Crippen LogP contribution in [0.5, 0.6) is 5.75 Å². The van der Waals surface area contributed by atoms with Crippen molar-refractivity contribution < 1.29 is 10.2 Å². The Bertz CT molecular complexity index is 678. The summed E-state index contributed by atoms with van der Waals surface area (Å²) in [6, 6.07) is 13.3. The fourth-order valence-electron chi connectivity index (χ4n) is 2.15. The fourth-order valence-corrected chi connectivity index (χ4v) is 2.60. The number of benzene rings is 2. The van der Waals surface area contributed by atoms with Crippen molar-refractivity contribution in [1.82, 2.24) is 5.32 Å². The molecule has 2 aromatic carbocycles. The molecule has 0 bridgehead atoms. The van der Waals surface area contributed by atoms with E-state index in [4.69, 9.17) is 23.8 Å². The smallest absolute Gasteiger partial charge is 0.170 e. The zero-order valence-electron chi connectivity index (χ0n) is 12.7. The summed E-state index contributed by atoms with van der Waals surface area (Å²) in [6.45, 7) is 2.26. The molecule has 0 saturated heterocycles. The highest BCUT2D eigenvalue weighted by Gasteiger charge is 2.13. The van der Waals surface area contributed by atoms with Crippen LogP contribution < -0.4 is 10.6 Å². The molecular formula is C17H19ClN2O2S. The number of hydrogen-bond acceptors (Lipinski definition) is 3. The number of halogens is 1. The molecule has 0 heterocycles. The predicted octanol–water partition coefficient (Wildman–Crippen LogP) is 3.63. The number of nitrogens with one attached hydrogen (secondary N) is 2. The van der Waals surface area contributed by atoms with Gasteiger partial charge in [0.25, 0.3) is 0 Å². The van der Waals surface area contributed by atoms with E-state index in [1.54, 1.807) is 19.1 Å². The van der Waals surface area contributed by atoms with E-state index in [0.717, 1.165) is 6.42 Å². The molecule has 4 N–H and O–H groups in total. The second kappa shape index (κ2) is 8.15. The highest BCUT2D eigenvalue weighted by Crippen LogP contribution is 2.34. The Kier molecular flexibility index (Phi) is 6.21. The summed E-state index contributed by atoms with van der Waals surface area (Å²) in [4.78, 5) is 0. The number of rotatable bonds is 5. The van der Waals surface area contributed by atoms with Crippen molar-refractivity contribution >= 4 is 34.6 Å². The standard InChI is InChI=1S/C17H19ClN2O2S/c1-11(21)14-9-13(10-15(18)16(14)22)20-17(23)19-8-7-12-5-3-2-4-6-12/h2-6,9-11,21-22H,7-8H2,1H3,(H2,19,20,23). The summed E-state index contributed by atoms with van der Waals surface area (Å²) in [6.07, 6.45) is 0.0339. The zero-order valence-corrected chi connectivity index (χ0v) is 14.3. The first-order chi connectivity index (χ1) is 11.0. The molecule has 0 spiro atoms. The molecular weight excluding hydrogens is 332 g/mol. The molecule has 6 heteroatoms. The lowest BCUT2D eigenvalue weighted by Crippen LogP contribution is -2.30. The second-order valence-electron chi connectivity index (χ2n) is 5.19. The summed E-state index contributed by atoms with van der Waals surface area (Å²) >= 11 is 11.2. The normalized spacial score (nSPS) is 11.8. The third kappa shape index (κ3) is 5.10. The molecule has 4 nitrogen and oxygen atoms in total. The SMILES string of the molecule is CC(O)c1cc(NC(=S)NCCc2ccccc2)cc(Cl)c1O. The van der Waals surface area contributed by atoms with Crippen molar-refractivity contribution in [3.8, 4) is 5.75 Å². The molecule has 0 fully saturated rings. The average Bonchev–Trinajstić information content (AvgIpc) is 2.51. The van der Waals surface area contributed by atoms with E-state index >= 15 is 0 Å². The summed E-state index contributed by atoms with van der Waals surface area (Å²) in [7, 11) is 0. The van der Waals surface area contributed by atoms with Gasteiger partial charge in [-0.1, -0.05) is 41.9 Å². The highest BCUT2D eigenvalue weighted by molar-refractivity contribution is 7.80. The van der Waals surface area contributed by atoms with Gasteiger partial charge in [0.2, 0.25) is 0 Å². The topological polar surface area (TPSA) is 64.5 Å². The molecule has 0 saturated carbocycles. The van der Waals surface area contributed by atoms with Gasteiger partial charge in [-0.25, -0.2) is 0 Å². The quantitative estimate of drug-likeness (QED) is 0.490. The van der Waals surface area contributed by atoms with Gasteiger partial charge in [-0.2, -0.15) is 0 Å². The number of anilines is 1. The first-order valence-corrected chi connectivity index (χ1v) is 8.05. The number of aliphatic hydroxyl groups is 1. The molecule has 0 amide bonds. The van der Waals surface area contributed by atoms with Crippen LogP contribution in [0.25, 0.3) is 0 Å². The largest absolute Gasteiger partial charge is 0.506 e. The Morgan fingerprint density at radius 2 is 1.96 bits per heavy atom. The van der Waals surface area contributed by atoms with E-state index in [-0.39, 0.29) is 10.8 Å². The molecule has 0 aromatic heterocycles. The molecule has 0 aliphatic rings. The first-order valence-electron chi connectivity index (χ1n) is 7.26. The first kappa shape index (κ1) is 17.5. The summed E-state index contributed by atoms with van der Waals surface area (Å²) in [5.74, 6) is -0.116. The lowest BCUT2D eigenvalue weighted by molar-refractivity contribution is 0.195. The third-order valence-corrected chi connectivity index (χ3v) is 3.88. The van der Waals surface area contributed by atoms with Crippen LogP contribution >= 0.6 is 23.8 Å². The van der Waals surface area contributed by atoms with Crippen molar-refractivity contribution in [1.29, 1.82) is 0 Å². The Labute approximate surface area is 146 Å². The molecule has 1 unspecified atom stereocenters. The Balaban J connectivity index is 1.92. The lowest BCUT2D eigenvalue weighted by atomic mass is 10.1. The van der Waals surface area contributed by atoms with E-state index in [2.05, 4.69) is 22.8 Å². The minimum atomic E-state index is -0.825. The van der Waals surface area contributed by atoms with Crippen LogP contribution in [0.3, 0.4) is 0 Å². The Morgan fingerprint density at radius 1 is 1.26 bits per heavy atom. The third-order valence-electron chi connectivity index (χ3n) is 3.34. The van der Waals surface area contributed by atoms with Crippen LogP contribution in [0, 0.1) is 0 Å². The lowest BCUT2D eigenvalue weighted by Gasteiger charge is -2.14. The maximum absolute atomic E-state index is 9.83. The molecule has 122 valence electrons. The minimum Gasteiger partial charge on any atom is -0.506 e. The number of aliphatic hydroxyl groups excluding tert-OH is 1. The van der Waals surface area contributed by atoms with Gasteiger partial charge >= 0.3 is 0 Å². The van der Waals surface area contributed by atoms with Gasteiger partial charge < -0.3 is 20.8 Å². The number of phenolic OH excluding ortho intramolecular Hbond substituents is 1. The number of hydrogen-bond donors (Lipinski definition) is 4. The van der Waals surface area contributed by atoms with E-state index in [1.807, 2.05) is 18.2 Å². The van der Waals surface area contributed by atoms with E-state index in [9.17, 15) is 10.2 Å². The maximum atomic E-state index is 9.83. The van der Waals surface area contributed by atoms with Crippen LogP contribution in [0.15, 0.2) is 42.5 Å². The molecule has 23 heavy (non-hydrogen) atoms. The van der Waals surface area contributed by atoms with Gasteiger partial charge in [-0.05, 0) is 43.3 Å². The summed E-state index contributed by atoms with van der Waals surface area (Å²) < 4.78 is 0. The van der Waals surface area contributed by atoms with Crippen molar-refractivity contribution in [2.24, 2.45) is 0 Å². The average molecular weight is 351 g/mol. The zero-order chi connectivity index (χ0) is 16.8. The van der Waals surface area contributed by atoms with Gasteiger partial charge in [0.05, 0.1) is 11.1 Å². The number of aromatic hydroxyl groups is 1. The van der Waals surface area contributed by atoms with Gasteiger partial charge in [-0.15, -0.1) is 0 Å². The highest BCUT2D eigenvalue weighted by atomic mass is 35.5. The molecule has 0 radical (unpaired) electrons. The van der Waals surface area contributed by atoms with Gasteiger partial charge in [0, 0.05) is 17.8 Å². The maximum Gasteiger partial charge on any atom is 0.170 e. The van der Waals surface area contributed by atoms with Crippen LogP contribution in [0.4, 0.5) is 5.69 Å². The van der Waals surface area contributed by atoms with Gasteiger partial charge in [-0.3, -0.25) is 0 Å². The molecule has 0 aliphatic heterocycles. The number of phenols is 1. The van der Waals surface area contributed by atoms with E-state index < -0.39 is 6.10 Å². The van der Waals surface area contributed by atoms with Crippen molar-refractivity contribution in [3.05, 3.63) is 58.6 Å². The van der Waals surface area contributed by atoms with Crippen molar-refractivity contribution in [3.63, 3.8) is 0 Å². The van der Waals surface area contributed by atoms with Crippen LogP contribution in [0.1, 0.15) is 24.2 Å².